The number of anilines is 1. The van der Waals surface area contributed by atoms with Gasteiger partial charge in [-0.3, -0.25) is 4.79 Å². The van der Waals surface area contributed by atoms with Crippen molar-refractivity contribution < 1.29 is 27.8 Å². The smallest absolute Gasteiger partial charge is 0.341 e. The zero-order valence-electron chi connectivity index (χ0n) is 20.1. The van der Waals surface area contributed by atoms with E-state index in [1.54, 1.807) is 18.4 Å². The van der Waals surface area contributed by atoms with E-state index in [0.717, 1.165) is 41.8 Å². The lowest BCUT2D eigenvalue weighted by Gasteiger charge is -2.16. The first kappa shape index (κ1) is 26.1. The van der Waals surface area contributed by atoms with Crippen molar-refractivity contribution >= 4 is 40.0 Å². The highest BCUT2D eigenvalue weighted by atomic mass is 32.2. The average Bonchev–Trinajstić information content (AvgIpc) is 3.53. The van der Waals surface area contributed by atoms with Crippen LogP contribution < -0.4 is 10.1 Å². The minimum Gasteiger partial charge on any atom is -0.480 e. The maximum absolute atomic E-state index is 14.0. The number of hydrogen-bond donors (Lipinski definition) is 1. The van der Waals surface area contributed by atoms with E-state index in [4.69, 9.17) is 9.47 Å². The highest BCUT2D eigenvalue weighted by Crippen LogP contribution is 2.39. The van der Waals surface area contributed by atoms with Gasteiger partial charge in [-0.1, -0.05) is 11.8 Å². The summed E-state index contributed by atoms with van der Waals surface area (Å²) >= 11 is 2.62. The van der Waals surface area contributed by atoms with Crippen molar-refractivity contribution in [3.05, 3.63) is 51.7 Å². The van der Waals surface area contributed by atoms with E-state index in [-0.39, 0.29) is 24.0 Å². The quantitative estimate of drug-likeness (QED) is 0.282. The van der Waals surface area contributed by atoms with Gasteiger partial charge in [-0.2, -0.15) is 0 Å². The molecular formula is C24H26F2N4O4S2. The number of aromatic nitrogens is 3. The minimum atomic E-state index is -0.808. The number of nitrogens with zero attached hydrogens (tertiary/aromatic N) is 3. The molecule has 0 aliphatic heterocycles. The molecule has 1 atom stereocenters. The van der Waals surface area contributed by atoms with Crippen LogP contribution in [0.1, 0.15) is 59.9 Å². The molecule has 12 heteroatoms. The molecule has 1 unspecified atom stereocenters. The van der Waals surface area contributed by atoms with Crippen LogP contribution in [0.4, 0.5) is 13.8 Å². The molecule has 8 nitrogen and oxygen atoms in total. The minimum absolute atomic E-state index is 0.0464. The number of ether oxygens (including phenoxy) is 2. The number of benzene rings is 1. The van der Waals surface area contributed by atoms with Crippen LogP contribution >= 0.6 is 23.1 Å². The first-order valence-electron chi connectivity index (χ1n) is 11.6. The number of nitrogens with one attached hydrogen (secondary N) is 1. The average molecular weight is 537 g/mol. The number of esters is 1. The molecule has 1 amide bonds. The molecule has 0 saturated heterocycles. The second-order valence-corrected chi connectivity index (χ2v) is 10.1. The number of hydrogen-bond acceptors (Lipinski definition) is 8. The molecule has 2 heterocycles. The normalized spacial score (nSPS) is 13.4. The molecule has 0 radical (unpaired) electrons. The fourth-order valence-electron chi connectivity index (χ4n) is 4.02. The van der Waals surface area contributed by atoms with E-state index >= 15 is 0 Å². The van der Waals surface area contributed by atoms with Crippen LogP contribution in [0, 0.1) is 11.6 Å². The van der Waals surface area contributed by atoms with Crippen molar-refractivity contribution in [2.24, 2.45) is 0 Å². The fraction of sp³-hybridized carbons (Fsp3) is 0.417. The first-order chi connectivity index (χ1) is 17.3. The van der Waals surface area contributed by atoms with Gasteiger partial charge in [-0.15, -0.1) is 21.5 Å². The predicted molar refractivity (Wildman–Crippen MR) is 133 cm³/mol. The summed E-state index contributed by atoms with van der Waals surface area (Å²) in [5.41, 5.74) is 1.44. The number of halogens is 2. The summed E-state index contributed by atoms with van der Waals surface area (Å²) in [4.78, 5) is 26.4. The number of fused-ring (bicyclic) bond motifs is 1. The summed E-state index contributed by atoms with van der Waals surface area (Å²) in [6.45, 7) is 6.09. The third kappa shape index (κ3) is 5.54. The van der Waals surface area contributed by atoms with Crippen molar-refractivity contribution in [2.45, 2.75) is 57.8 Å². The SMILES string of the molecule is CCOC(=O)c1c(NC(=O)CSc2nnc(C(C)Oc3ccc(F)cc3F)n2CC)sc2c1CCC2. The largest absolute Gasteiger partial charge is 0.480 e. The van der Waals surface area contributed by atoms with Crippen LogP contribution in [-0.4, -0.2) is 39.0 Å². The van der Waals surface area contributed by atoms with Crippen molar-refractivity contribution in [1.82, 2.24) is 14.8 Å². The molecule has 192 valence electrons. The first-order valence-corrected chi connectivity index (χ1v) is 13.4. The lowest BCUT2D eigenvalue weighted by Crippen LogP contribution is -2.17. The molecule has 0 bridgehead atoms. The van der Waals surface area contributed by atoms with Crippen molar-refractivity contribution in [2.75, 3.05) is 17.7 Å². The summed E-state index contributed by atoms with van der Waals surface area (Å²) in [5.74, 6) is -1.80. The third-order valence-corrected chi connectivity index (χ3v) is 7.78. The Hall–Kier alpha value is -2.99. The summed E-state index contributed by atoms with van der Waals surface area (Å²) < 4.78 is 39.8. The van der Waals surface area contributed by atoms with Crippen molar-refractivity contribution in [3.8, 4) is 5.75 Å². The number of aryl methyl sites for hydroxylation is 1. The van der Waals surface area contributed by atoms with Gasteiger partial charge in [0.1, 0.15) is 10.8 Å². The van der Waals surface area contributed by atoms with Crippen molar-refractivity contribution in [1.29, 1.82) is 0 Å². The van der Waals surface area contributed by atoms with E-state index in [0.29, 0.717) is 28.1 Å². The molecule has 0 saturated carbocycles. The Morgan fingerprint density at radius 1 is 1.25 bits per heavy atom. The summed E-state index contributed by atoms with van der Waals surface area (Å²) in [5, 5.41) is 12.2. The van der Waals surface area contributed by atoms with E-state index in [2.05, 4.69) is 15.5 Å². The van der Waals surface area contributed by atoms with Gasteiger partial charge in [0.05, 0.1) is 17.9 Å². The number of thioether (sulfide) groups is 1. The molecule has 1 aliphatic rings. The van der Waals surface area contributed by atoms with Gasteiger partial charge in [0.2, 0.25) is 5.91 Å². The van der Waals surface area contributed by atoms with Crippen molar-refractivity contribution in [3.63, 3.8) is 0 Å². The Kier molecular flexibility index (Phi) is 8.24. The predicted octanol–water partition coefficient (Wildman–Crippen LogP) is 5.17. The summed E-state index contributed by atoms with van der Waals surface area (Å²) in [6.07, 6.45) is 2.01. The molecule has 2 aromatic heterocycles. The highest BCUT2D eigenvalue weighted by molar-refractivity contribution is 7.99. The molecule has 4 rings (SSSR count). The van der Waals surface area contributed by atoms with E-state index in [1.807, 2.05) is 6.92 Å². The second-order valence-electron chi connectivity index (χ2n) is 8.04. The van der Waals surface area contributed by atoms with Crippen LogP contribution in [-0.2, 0) is 28.9 Å². The number of rotatable bonds is 10. The van der Waals surface area contributed by atoms with Gasteiger partial charge in [0.15, 0.2) is 28.7 Å². The van der Waals surface area contributed by atoms with Crippen LogP contribution in [0.15, 0.2) is 23.4 Å². The lowest BCUT2D eigenvalue weighted by molar-refractivity contribution is -0.113. The molecule has 0 spiro atoms. The Bertz CT molecular complexity index is 1280. The van der Waals surface area contributed by atoms with Crippen LogP contribution in [0.5, 0.6) is 5.75 Å². The number of carbonyl (C=O) groups is 2. The topological polar surface area (TPSA) is 95.3 Å². The highest BCUT2D eigenvalue weighted by Gasteiger charge is 2.28. The molecule has 1 N–H and O–H groups in total. The number of thiophene rings is 1. The van der Waals surface area contributed by atoms with Gasteiger partial charge < -0.3 is 19.4 Å². The Balaban J connectivity index is 1.42. The van der Waals surface area contributed by atoms with E-state index in [1.165, 1.54) is 29.2 Å². The number of amides is 1. The second kappa shape index (κ2) is 11.4. The van der Waals surface area contributed by atoms with E-state index < -0.39 is 23.7 Å². The van der Waals surface area contributed by atoms with Crippen LogP contribution in [0.25, 0.3) is 0 Å². The van der Waals surface area contributed by atoms with Gasteiger partial charge in [0, 0.05) is 17.5 Å². The van der Waals surface area contributed by atoms with Gasteiger partial charge >= 0.3 is 5.97 Å². The fourth-order valence-corrected chi connectivity index (χ4v) is 6.13. The van der Waals surface area contributed by atoms with Gasteiger partial charge in [-0.25, -0.2) is 13.6 Å². The van der Waals surface area contributed by atoms with E-state index in [9.17, 15) is 18.4 Å². The zero-order valence-corrected chi connectivity index (χ0v) is 21.7. The third-order valence-electron chi connectivity index (χ3n) is 5.61. The molecule has 36 heavy (non-hydrogen) atoms. The zero-order chi connectivity index (χ0) is 25.8. The molecule has 1 aliphatic carbocycles. The monoisotopic (exact) mass is 536 g/mol. The van der Waals surface area contributed by atoms with Crippen LogP contribution in [0.2, 0.25) is 0 Å². The van der Waals surface area contributed by atoms with Gasteiger partial charge in [0.25, 0.3) is 0 Å². The Labute approximate surface area is 215 Å². The molecule has 3 aromatic rings. The lowest BCUT2D eigenvalue weighted by atomic mass is 10.1. The maximum Gasteiger partial charge on any atom is 0.341 e. The molecule has 1 aromatic carbocycles. The Morgan fingerprint density at radius 2 is 2.06 bits per heavy atom. The molecular weight excluding hydrogens is 510 g/mol. The van der Waals surface area contributed by atoms with Crippen LogP contribution in [0.3, 0.4) is 0 Å². The summed E-state index contributed by atoms with van der Waals surface area (Å²) in [7, 11) is 0. The van der Waals surface area contributed by atoms with Gasteiger partial charge in [-0.05, 0) is 57.7 Å². The Morgan fingerprint density at radius 3 is 2.78 bits per heavy atom. The maximum atomic E-state index is 14.0. The standard InChI is InChI=1S/C24H26F2N4O4S2/c1-4-30-21(13(3)34-17-10-9-14(25)11-16(17)26)28-29-24(30)35-12-19(31)27-22-20(23(32)33-5-2)15-7-6-8-18(15)36-22/h9-11,13H,4-8,12H2,1-3H3,(H,27,31). The number of carbonyl (C=O) groups excluding carboxylic acids is 2. The molecule has 0 fully saturated rings. The summed E-state index contributed by atoms with van der Waals surface area (Å²) in [6, 6.07) is 3.09.